The molecule has 0 radical (unpaired) electrons. The second-order valence-electron chi connectivity index (χ2n) is 4.78. The largest absolute Gasteiger partial charge is 0.368 e. The lowest BCUT2D eigenvalue weighted by molar-refractivity contribution is -0.116. The maximum absolute atomic E-state index is 13.9. The number of fused-ring (bicyclic) bond motifs is 1. The fraction of sp³-hybridized carbons (Fsp3) is 0.133. The van der Waals surface area contributed by atoms with Gasteiger partial charge in [-0.1, -0.05) is 28.1 Å². The maximum atomic E-state index is 13.9. The molecule has 0 fully saturated rings. The first-order valence-corrected chi connectivity index (χ1v) is 6.97. The molecule has 0 bridgehead atoms. The topological polar surface area (TPSA) is 41.1 Å². The fourth-order valence-corrected chi connectivity index (χ4v) is 2.63. The number of hydrogen-bond donors (Lipinski definition) is 2. The molecule has 3 nitrogen and oxygen atoms in total. The maximum Gasteiger partial charge on any atom is 0.251 e. The molecule has 1 atom stereocenters. The summed E-state index contributed by atoms with van der Waals surface area (Å²) in [5.41, 5.74) is 2.73. The van der Waals surface area contributed by atoms with E-state index in [4.69, 9.17) is 0 Å². The van der Waals surface area contributed by atoms with Crippen molar-refractivity contribution in [3.05, 3.63) is 57.8 Å². The number of benzene rings is 2. The third kappa shape index (κ3) is 2.29. The number of hydrogen-bond acceptors (Lipinski definition) is 2. The molecule has 0 spiro atoms. The molecule has 3 rings (SSSR count). The van der Waals surface area contributed by atoms with Gasteiger partial charge in [0.2, 0.25) is 0 Å². The van der Waals surface area contributed by atoms with Gasteiger partial charge in [0.15, 0.2) is 0 Å². The average molecular weight is 335 g/mol. The highest BCUT2D eigenvalue weighted by atomic mass is 79.9. The van der Waals surface area contributed by atoms with E-state index in [2.05, 4.69) is 26.6 Å². The van der Waals surface area contributed by atoms with Gasteiger partial charge in [-0.15, -0.1) is 0 Å². The van der Waals surface area contributed by atoms with Gasteiger partial charge in [-0.3, -0.25) is 4.79 Å². The zero-order chi connectivity index (χ0) is 14.3. The molecular weight excluding hydrogens is 323 g/mol. The summed E-state index contributed by atoms with van der Waals surface area (Å²) in [6, 6.07) is 9.86. The molecule has 1 unspecified atom stereocenters. The van der Waals surface area contributed by atoms with E-state index in [0.717, 1.165) is 21.3 Å². The highest BCUT2D eigenvalue weighted by molar-refractivity contribution is 9.10. The minimum Gasteiger partial charge on any atom is -0.368 e. The summed E-state index contributed by atoms with van der Waals surface area (Å²) in [6.07, 6.45) is 0. The van der Waals surface area contributed by atoms with Crippen molar-refractivity contribution in [3.8, 4) is 0 Å². The number of nitrogens with one attached hydrogen (secondary N) is 2. The fourth-order valence-electron chi connectivity index (χ4n) is 2.27. The molecule has 20 heavy (non-hydrogen) atoms. The second kappa shape index (κ2) is 4.90. The Balaban J connectivity index is 1.94. The van der Waals surface area contributed by atoms with Crippen LogP contribution in [0.2, 0.25) is 0 Å². The van der Waals surface area contributed by atoms with Crippen molar-refractivity contribution in [2.24, 2.45) is 0 Å². The molecule has 1 aliphatic rings. The molecule has 1 amide bonds. The van der Waals surface area contributed by atoms with E-state index < -0.39 is 6.04 Å². The van der Waals surface area contributed by atoms with Crippen LogP contribution in [0.1, 0.15) is 17.2 Å². The number of halogens is 2. The summed E-state index contributed by atoms with van der Waals surface area (Å²) in [7, 11) is 0. The molecule has 2 N–H and O–H groups in total. The van der Waals surface area contributed by atoms with Crippen molar-refractivity contribution in [1.29, 1.82) is 0 Å². The number of anilines is 2. The van der Waals surface area contributed by atoms with E-state index in [0.29, 0.717) is 5.69 Å². The SMILES string of the molecule is Cc1ccc(NC2C(=O)Nc3cc(Br)ccc32)c(F)c1. The Morgan fingerprint density at radius 1 is 1.25 bits per heavy atom. The number of amides is 1. The van der Waals surface area contributed by atoms with Crippen molar-refractivity contribution < 1.29 is 9.18 Å². The molecular formula is C15H12BrFN2O. The van der Waals surface area contributed by atoms with E-state index in [-0.39, 0.29) is 11.7 Å². The van der Waals surface area contributed by atoms with Gasteiger partial charge in [-0.2, -0.15) is 0 Å². The van der Waals surface area contributed by atoms with E-state index >= 15 is 0 Å². The quantitative estimate of drug-likeness (QED) is 0.871. The molecule has 5 heteroatoms. The van der Waals surface area contributed by atoms with Crippen LogP contribution in [0.3, 0.4) is 0 Å². The highest BCUT2D eigenvalue weighted by Crippen LogP contribution is 2.35. The number of carbonyl (C=O) groups is 1. The lowest BCUT2D eigenvalue weighted by Crippen LogP contribution is -2.20. The lowest BCUT2D eigenvalue weighted by atomic mass is 10.1. The van der Waals surface area contributed by atoms with Gasteiger partial charge in [-0.05, 0) is 36.8 Å². The van der Waals surface area contributed by atoms with Crippen molar-refractivity contribution in [2.75, 3.05) is 10.6 Å². The molecule has 0 saturated heterocycles. The van der Waals surface area contributed by atoms with Crippen LogP contribution in [0.4, 0.5) is 15.8 Å². The Labute approximate surface area is 124 Å². The van der Waals surface area contributed by atoms with E-state index in [1.807, 2.05) is 25.1 Å². The molecule has 0 saturated carbocycles. The molecule has 0 aromatic heterocycles. The van der Waals surface area contributed by atoms with Gasteiger partial charge in [0.25, 0.3) is 5.91 Å². The Morgan fingerprint density at radius 2 is 2.05 bits per heavy atom. The van der Waals surface area contributed by atoms with Crippen LogP contribution >= 0.6 is 15.9 Å². The van der Waals surface area contributed by atoms with Gasteiger partial charge in [0, 0.05) is 15.7 Å². The van der Waals surface area contributed by atoms with Crippen molar-refractivity contribution in [2.45, 2.75) is 13.0 Å². The van der Waals surface area contributed by atoms with E-state index in [9.17, 15) is 9.18 Å². The van der Waals surface area contributed by atoms with Crippen molar-refractivity contribution in [3.63, 3.8) is 0 Å². The number of aryl methyl sites for hydroxylation is 1. The first-order chi connectivity index (χ1) is 9.54. The van der Waals surface area contributed by atoms with Crippen LogP contribution in [-0.2, 0) is 4.79 Å². The second-order valence-corrected chi connectivity index (χ2v) is 5.70. The molecule has 2 aromatic carbocycles. The summed E-state index contributed by atoms with van der Waals surface area (Å²) >= 11 is 3.36. The van der Waals surface area contributed by atoms with Gasteiger partial charge in [0.05, 0.1) is 5.69 Å². The first-order valence-electron chi connectivity index (χ1n) is 6.17. The summed E-state index contributed by atoms with van der Waals surface area (Å²) in [6.45, 7) is 1.82. The zero-order valence-electron chi connectivity index (χ0n) is 10.7. The Kier molecular flexibility index (Phi) is 3.22. The normalized spacial score (nSPS) is 16.8. The monoisotopic (exact) mass is 334 g/mol. The molecule has 2 aromatic rings. The Bertz CT molecular complexity index is 702. The first kappa shape index (κ1) is 13.1. The van der Waals surface area contributed by atoms with Crippen molar-refractivity contribution in [1.82, 2.24) is 0 Å². The Morgan fingerprint density at radius 3 is 2.80 bits per heavy atom. The summed E-state index contributed by atoms with van der Waals surface area (Å²) in [5, 5.41) is 5.74. The average Bonchev–Trinajstić information content (AvgIpc) is 2.68. The van der Waals surface area contributed by atoms with Gasteiger partial charge >= 0.3 is 0 Å². The van der Waals surface area contributed by atoms with Gasteiger partial charge in [-0.25, -0.2) is 4.39 Å². The number of carbonyl (C=O) groups excluding carboxylic acids is 1. The third-order valence-corrected chi connectivity index (χ3v) is 3.76. The van der Waals surface area contributed by atoms with E-state index in [1.54, 1.807) is 12.1 Å². The predicted molar refractivity (Wildman–Crippen MR) is 80.3 cm³/mol. The van der Waals surface area contributed by atoms with E-state index in [1.165, 1.54) is 6.07 Å². The highest BCUT2D eigenvalue weighted by Gasteiger charge is 2.30. The minimum absolute atomic E-state index is 0.182. The Hall–Kier alpha value is -1.88. The van der Waals surface area contributed by atoms with Crippen LogP contribution in [0.5, 0.6) is 0 Å². The van der Waals surface area contributed by atoms with Crippen molar-refractivity contribution >= 4 is 33.2 Å². The van der Waals surface area contributed by atoms with Crippen LogP contribution in [0, 0.1) is 12.7 Å². The van der Waals surface area contributed by atoms with Gasteiger partial charge in [0.1, 0.15) is 11.9 Å². The van der Waals surface area contributed by atoms with Gasteiger partial charge < -0.3 is 10.6 Å². The minimum atomic E-state index is -0.574. The van der Waals surface area contributed by atoms with Crippen LogP contribution in [-0.4, -0.2) is 5.91 Å². The van der Waals surface area contributed by atoms with Crippen LogP contribution in [0.25, 0.3) is 0 Å². The van der Waals surface area contributed by atoms with Crippen LogP contribution < -0.4 is 10.6 Å². The molecule has 1 heterocycles. The zero-order valence-corrected chi connectivity index (χ0v) is 12.3. The number of rotatable bonds is 2. The molecule has 0 aliphatic carbocycles. The molecule has 102 valence electrons. The summed E-state index contributed by atoms with van der Waals surface area (Å²) < 4.78 is 14.8. The molecule has 1 aliphatic heterocycles. The standard InChI is InChI=1S/C15H12BrFN2O/c1-8-2-5-12(11(17)6-8)18-14-10-4-3-9(16)7-13(10)19-15(14)20/h2-7,14,18H,1H3,(H,19,20). The third-order valence-electron chi connectivity index (χ3n) is 3.27. The lowest BCUT2D eigenvalue weighted by Gasteiger charge is -2.14. The summed E-state index contributed by atoms with van der Waals surface area (Å²) in [4.78, 5) is 12.0. The van der Waals surface area contributed by atoms with Crippen LogP contribution in [0.15, 0.2) is 40.9 Å². The summed E-state index contributed by atoms with van der Waals surface area (Å²) in [5.74, 6) is -0.540. The smallest absolute Gasteiger partial charge is 0.251 e. The predicted octanol–water partition coefficient (Wildman–Crippen LogP) is 4.00.